The van der Waals surface area contributed by atoms with Crippen molar-refractivity contribution in [3.05, 3.63) is 93.2 Å². The van der Waals surface area contributed by atoms with E-state index >= 15 is 0 Å². The molecule has 4 aromatic rings. The monoisotopic (exact) mass is 427 g/mol. The molecule has 0 saturated carbocycles. The highest BCUT2D eigenvalue weighted by molar-refractivity contribution is 7.92. The van der Waals surface area contributed by atoms with Crippen molar-refractivity contribution in [3.63, 3.8) is 0 Å². The molecule has 1 heterocycles. The molecule has 0 aliphatic heterocycles. The molecule has 0 saturated heterocycles. The van der Waals surface area contributed by atoms with E-state index in [1.807, 2.05) is 30.3 Å². The zero-order chi connectivity index (χ0) is 20.6. The number of aromatic nitrogens is 2. The van der Waals surface area contributed by atoms with E-state index in [-0.39, 0.29) is 10.5 Å². The van der Waals surface area contributed by atoms with Crippen LogP contribution in [-0.2, 0) is 16.6 Å². The lowest BCUT2D eigenvalue weighted by molar-refractivity contribution is 0.601. The molecule has 0 amide bonds. The number of nitrogens with one attached hydrogen (secondary N) is 2. The maximum atomic E-state index is 12.7. The van der Waals surface area contributed by atoms with Crippen molar-refractivity contribution < 1.29 is 8.42 Å². The Balaban J connectivity index is 1.66. The Morgan fingerprint density at radius 3 is 2.52 bits per heavy atom. The van der Waals surface area contributed by atoms with Crippen LogP contribution in [0.3, 0.4) is 0 Å². The van der Waals surface area contributed by atoms with Crippen molar-refractivity contribution in [2.24, 2.45) is 0 Å². The molecule has 0 spiro atoms. The van der Waals surface area contributed by atoms with Gasteiger partial charge in [0.15, 0.2) is 0 Å². The first-order chi connectivity index (χ1) is 13.8. The smallest absolute Gasteiger partial charge is 0.272 e. The molecule has 148 valence electrons. The normalized spacial score (nSPS) is 11.7. The van der Waals surface area contributed by atoms with Crippen molar-refractivity contribution in [3.8, 4) is 0 Å². The van der Waals surface area contributed by atoms with Crippen LogP contribution in [0.2, 0.25) is 5.02 Å². The summed E-state index contributed by atoms with van der Waals surface area (Å²) in [4.78, 5) is 12.4. The van der Waals surface area contributed by atoms with Crippen LogP contribution in [-0.4, -0.2) is 18.2 Å². The number of rotatable bonds is 5. The maximum absolute atomic E-state index is 12.7. The molecule has 0 bridgehead atoms. The summed E-state index contributed by atoms with van der Waals surface area (Å²) in [5.74, 6) is 0. The van der Waals surface area contributed by atoms with E-state index in [0.29, 0.717) is 28.2 Å². The molecule has 0 radical (unpaired) electrons. The molecule has 0 aliphatic rings. The van der Waals surface area contributed by atoms with Gasteiger partial charge in [0.1, 0.15) is 0 Å². The molecule has 1 aromatic heterocycles. The summed E-state index contributed by atoms with van der Waals surface area (Å²) in [5, 5.41) is 3.58. The van der Waals surface area contributed by atoms with Crippen LogP contribution < -0.4 is 10.3 Å². The van der Waals surface area contributed by atoms with Crippen LogP contribution in [0.1, 0.15) is 11.1 Å². The highest BCUT2D eigenvalue weighted by Crippen LogP contribution is 2.24. The molecule has 4 rings (SSSR count). The number of aromatic amines is 1. The Hall–Kier alpha value is -3.03. The van der Waals surface area contributed by atoms with Gasteiger partial charge in [0, 0.05) is 10.7 Å². The number of fused-ring (bicyclic) bond motifs is 1. The molecule has 3 aromatic carbocycles. The second-order valence-electron chi connectivity index (χ2n) is 6.76. The van der Waals surface area contributed by atoms with E-state index in [2.05, 4.69) is 9.82 Å². The van der Waals surface area contributed by atoms with E-state index < -0.39 is 10.0 Å². The summed E-state index contributed by atoms with van der Waals surface area (Å²) in [6.07, 6.45) is 0. The maximum Gasteiger partial charge on any atom is 0.272 e. The number of hydrogen-bond acceptors (Lipinski definition) is 3. The van der Waals surface area contributed by atoms with Crippen LogP contribution in [0.25, 0.3) is 10.9 Å². The third kappa shape index (κ3) is 3.92. The van der Waals surface area contributed by atoms with E-state index in [1.165, 1.54) is 18.2 Å². The number of sulfonamides is 1. The summed E-state index contributed by atoms with van der Waals surface area (Å²) >= 11 is 6.05. The molecular weight excluding hydrogens is 410 g/mol. The molecule has 0 fully saturated rings. The van der Waals surface area contributed by atoms with Gasteiger partial charge in [-0.2, -0.15) is 0 Å². The fourth-order valence-electron chi connectivity index (χ4n) is 3.11. The molecule has 0 aliphatic carbocycles. The molecule has 0 atom stereocenters. The lowest BCUT2D eigenvalue weighted by Crippen LogP contribution is -2.13. The molecule has 8 heteroatoms. The Morgan fingerprint density at radius 2 is 1.79 bits per heavy atom. The topological polar surface area (TPSA) is 84.0 Å². The van der Waals surface area contributed by atoms with Gasteiger partial charge in [0.25, 0.3) is 15.6 Å². The summed E-state index contributed by atoms with van der Waals surface area (Å²) in [7, 11) is -3.83. The lowest BCUT2D eigenvalue weighted by atomic mass is 10.2. The van der Waals surface area contributed by atoms with Gasteiger partial charge in [-0.1, -0.05) is 48.0 Å². The zero-order valence-corrected chi connectivity index (χ0v) is 17.1. The van der Waals surface area contributed by atoms with Crippen molar-refractivity contribution in [1.29, 1.82) is 0 Å². The highest BCUT2D eigenvalue weighted by Gasteiger charge is 2.16. The number of anilines is 1. The molecular formula is C21H18ClN3O3S. The Morgan fingerprint density at radius 1 is 1.03 bits per heavy atom. The summed E-state index contributed by atoms with van der Waals surface area (Å²) in [6.45, 7) is 2.30. The zero-order valence-electron chi connectivity index (χ0n) is 15.5. The highest BCUT2D eigenvalue weighted by atomic mass is 35.5. The van der Waals surface area contributed by atoms with Crippen LogP contribution in [0.4, 0.5) is 5.69 Å². The van der Waals surface area contributed by atoms with Crippen molar-refractivity contribution >= 4 is 38.2 Å². The summed E-state index contributed by atoms with van der Waals surface area (Å²) in [5.41, 5.74) is 2.55. The quantitative estimate of drug-likeness (QED) is 0.502. The minimum absolute atomic E-state index is 0.0590. The number of benzene rings is 3. The van der Waals surface area contributed by atoms with E-state index in [4.69, 9.17) is 11.6 Å². The van der Waals surface area contributed by atoms with Crippen molar-refractivity contribution in [2.45, 2.75) is 18.4 Å². The summed E-state index contributed by atoms with van der Waals surface area (Å²) < 4.78 is 29.6. The van der Waals surface area contributed by atoms with Gasteiger partial charge in [-0.3, -0.25) is 19.3 Å². The van der Waals surface area contributed by atoms with E-state index in [0.717, 1.165) is 11.1 Å². The fraction of sp³-hybridized carbons (Fsp3) is 0.0952. The van der Waals surface area contributed by atoms with Gasteiger partial charge in [-0.25, -0.2) is 8.42 Å². The van der Waals surface area contributed by atoms with Crippen LogP contribution >= 0.6 is 11.6 Å². The molecule has 6 nitrogen and oxygen atoms in total. The van der Waals surface area contributed by atoms with Crippen LogP contribution in [0, 0.1) is 6.92 Å². The second-order valence-corrected chi connectivity index (χ2v) is 8.85. The van der Waals surface area contributed by atoms with Gasteiger partial charge in [0.05, 0.1) is 22.3 Å². The fourth-order valence-corrected chi connectivity index (χ4v) is 4.43. The SMILES string of the molecule is Cc1ccc(S(=O)(=O)Nc2ccc3c(c2)c(=O)[nH]n3Cc2ccccc2)cc1Cl. The first kappa shape index (κ1) is 19.3. The van der Waals surface area contributed by atoms with Crippen LogP contribution in [0.5, 0.6) is 0 Å². The third-order valence-electron chi connectivity index (χ3n) is 4.66. The number of hydrogen-bond donors (Lipinski definition) is 2. The second kappa shape index (κ2) is 7.42. The lowest BCUT2D eigenvalue weighted by Gasteiger charge is -2.10. The standard InChI is InChI=1S/C21H18ClN3O3S/c1-14-7-9-17(12-19(14)22)29(27,28)24-16-8-10-20-18(11-16)21(26)23-25(20)13-15-5-3-2-4-6-15/h2-12,24H,13H2,1H3,(H,23,26). The van der Waals surface area contributed by atoms with Gasteiger partial charge >= 0.3 is 0 Å². The van der Waals surface area contributed by atoms with Crippen molar-refractivity contribution in [2.75, 3.05) is 4.72 Å². The van der Waals surface area contributed by atoms with Gasteiger partial charge in [0.2, 0.25) is 0 Å². The van der Waals surface area contributed by atoms with Gasteiger partial charge in [-0.05, 0) is 48.4 Å². The minimum Gasteiger partial charge on any atom is -0.280 e. The molecule has 2 N–H and O–H groups in total. The Labute approximate surface area is 172 Å². The number of nitrogens with zero attached hydrogens (tertiary/aromatic N) is 1. The van der Waals surface area contributed by atoms with E-state index in [9.17, 15) is 13.2 Å². The number of aryl methyl sites for hydroxylation is 1. The first-order valence-electron chi connectivity index (χ1n) is 8.89. The first-order valence-corrected chi connectivity index (χ1v) is 10.7. The average Bonchev–Trinajstić information content (AvgIpc) is 2.99. The predicted octanol–water partition coefficient (Wildman–Crippen LogP) is 4.14. The average molecular weight is 428 g/mol. The Bertz CT molecular complexity index is 1360. The van der Waals surface area contributed by atoms with Crippen LogP contribution in [0.15, 0.2) is 76.4 Å². The molecule has 0 unspecified atom stereocenters. The van der Waals surface area contributed by atoms with Gasteiger partial charge in [-0.15, -0.1) is 0 Å². The predicted molar refractivity (Wildman–Crippen MR) is 115 cm³/mol. The third-order valence-corrected chi connectivity index (χ3v) is 6.44. The summed E-state index contributed by atoms with van der Waals surface area (Å²) in [6, 6.07) is 19.2. The molecule has 29 heavy (non-hydrogen) atoms. The van der Waals surface area contributed by atoms with Crippen molar-refractivity contribution in [1.82, 2.24) is 9.78 Å². The minimum atomic E-state index is -3.83. The largest absolute Gasteiger partial charge is 0.280 e. The Kier molecular flexibility index (Phi) is 4.94. The number of H-pyrrole nitrogens is 1. The van der Waals surface area contributed by atoms with E-state index in [1.54, 1.807) is 29.8 Å². The van der Waals surface area contributed by atoms with Gasteiger partial charge < -0.3 is 0 Å². The number of halogens is 1.